The zero-order chi connectivity index (χ0) is 16.2. The molecule has 1 aromatic rings. The van der Waals surface area contributed by atoms with Gasteiger partial charge in [0.25, 0.3) is 0 Å². The molecule has 0 amide bonds. The zero-order valence-corrected chi connectivity index (χ0v) is 12.7. The number of hydrogen-bond acceptors (Lipinski definition) is 4. The minimum atomic E-state index is -1.59. The summed E-state index contributed by atoms with van der Waals surface area (Å²) in [5, 5.41) is 19.2. The van der Waals surface area contributed by atoms with Crippen LogP contribution in [0, 0.1) is 17.8 Å². The molecule has 5 atom stereocenters. The Morgan fingerprint density at radius 3 is 2.55 bits per heavy atom. The molecule has 0 aromatic heterocycles. The number of hydrogen-bond donors (Lipinski definition) is 3. The number of halogens is 2. The van der Waals surface area contributed by atoms with Crippen molar-refractivity contribution < 1.29 is 24.5 Å². The molecule has 118 valence electrons. The van der Waals surface area contributed by atoms with Crippen molar-refractivity contribution in [3.8, 4) is 5.75 Å². The summed E-state index contributed by atoms with van der Waals surface area (Å²) in [6.45, 7) is 0. The third kappa shape index (κ3) is 2.22. The third-order valence-corrected chi connectivity index (χ3v) is 5.02. The maximum atomic E-state index is 11.4. The van der Waals surface area contributed by atoms with Gasteiger partial charge in [0.05, 0.1) is 10.9 Å². The van der Waals surface area contributed by atoms with Gasteiger partial charge in [0.2, 0.25) is 0 Å². The number of ether oxygens (including phenoxy) is 1. The highest BCUT2D eigenvalue weighted by Crippen LogP contribution is 2.62. The van der Waals surface area contributed by atoms with E-state index in [-0.39, 0.29) is 11.4 Å². The van der Waals surface area contributed by atoms with Crippen molar-refractivity contribution in [2.75, 3.05) is 0 Å². The van der Waals surface area contributed by atoms with Crippen LogP contribution in [0.25, 0.3) is 0 Å². The lowest BCUT2D eigenvalue weighted by Gasteiger charge is -2.25. The Labute approximate surface area is 135 Å². The Bertz CT molecular complexity index is 667. The van der Waals surface area contributed by atoms with Crippen LogP contribution in [0.5, 0.6) is 5.75 Å². The Morgan fingerprint density at radius 2 is 2.00 bits per heavy atom. The lowest BCUT2D eigenvalue weighted by Crippen LogP contribution is -2.51. The van der Waals surface area contributed by atoms with Gasteiger partial charge in [-0.2, -0.15) is 0 Å². The number of aliphatic carboxylic acids is 2. The van der Waals surface area contributed by atoms with Crippen molar-refractivity contribution in [2.24, 2.45) is 23.5 Å². The highest BCUT2D eigenvalue weighted by atomic mass is 35.5. The quantitative estimate of drug-likeness (QED) is 0.768. The van der Waals surface area contributed by atoms with Crippen molar-refractivity contribution >= 4 is 35.1 Å². The van der Waals surface area contributed by atoms with E-state index in [0.29, 0.717) is 10.8 Å². The summed E-state index contributed by atoms with van der Waals surface area (Å²) in [6, 6.07) is 4.65. The molecule has 4 N–H and O–H groups in total. The Morgan fingerprint density at radius 1 is 1.32 bits per heavy atom. The standard InChI is InChI=1S/C14H13Cl2NO5/c15-5-1-2-7(6(16)3-5)22-8-4-14(17,13(20)21)11-9(8)10(11)12(18)19/h1-3,8-11H,4,17H2,(H,18,19)(H,20,21)/t8-,9-,10-,11+,14-/m1/s1. The minimum Gasteiger partial charge on any atom is -0.488 e. The van der Waals surface area contributed by atoms with E-state index in [1.165, 1.54) is 6.07 Å². The summed E-state index contributed by atoms with van der Waals surface area (Å²) in [5.41, 5.74) is 4.34. The molecule has 0 aliphatic heterocycles. The largest absolute Gasteiger partial charge is 0.488 e. The first-order chi connectivity index (χ1) is 10.3. The van der Waals surface area contributed by atoms with Gasteiger partial charge in [0, 0.05) is 23.3 Å². The van der Waals surface area contributed by atoms with Crippen LogP contribution in [-0.4, -0.2) is 33.8 Å². The van der Waals surface area contributed by atoms with Crippen molar-refractivity contribution in [1.82, 2.24) is 0 Å². The summed E-state index contributed by atoms with van der Waals surface area (Å²) in [6.07, 6.45) is -0.564. The van der Waals surface area contributed by atoms with E-state index in [2.05, 4.69) is 0 Å². The van der Waals surface area contributed by atoms with Crippen molar-refractivity contribution in [3.63, 3.8) is 0 Å². The molecule has 0 unspecified atom stereocenters. The van der Waals surface area contributed by atoms with Gasteiger partial charge in [-0.25, -0.2) is 0 Å². The van der Waals surface area contributed by atoms with Crippen LogP contribution >= 0.6 is 23.2 Å². The van der Waals surface area contributed by atoms with E-state index in [9.17, 15) is 19.8 Å². The van der Waals surface area contributed by atoms with Crippen LogP contribution in [0.3, 0.4) is 0 Å². The van der Waals surface area contributed by atoms with Crippen LogP contribution in [0.1, 0.15) is 6.42 Å². The fourth-order valence-corrected chi connectivity index (χ4v) is 3.92. The zero-order valence-electron chi connectivity index (χ0n) is 11.2. The molecule has 8 heteroatoms. The normalized spacial score (nSPS) is 35.8. The van der Waals surface area contributed by atoms with Crippen molar-refractivity contribution in [1.29, 1.82) is 0 Å². The maximum absolute atomic E-state index is 11.4. The molecule has 1 aromatic carbocycles. The Kier molecular flexibility index (Phi) is 3.51. The van der Waals surface area contributed by atoms with E-state index < -0.39 is 41.3 Å². The number of carbonyl (C=O) groups is 2. The van der Waals surface area contributed by atoms with E-state index >= 15 is 0 Å². The van der Waals surface area contributed by atoms with Crippen LogP contribution in [0.15, 0.2) is 18.2 Å². The molecule has 0 spiro atoms. The first-order valence-corrected chi connectivity index (χ1v) is 7.38. The van der Waals surface area contributed by atoms with Crippen LogP contribution < -0.4 is 10.5 Å². The molecule has 0 bridgehead atoms. The topological polar surface area (TPSA) is 110 Å². The van der Waals surface area contributed by atoms with E-state index in [0.717, 1.165) is 0 Å². The fraction of sp³-hybridized carbons (Fsp3) is 0.429. The van der Waals surface area contributed by atoms with Crippen molar-refractivity contribution in [3.05, 3.63) is 28.2 Å². The van der Waals surface area contributed by atoms with Gasteiger partial charge in [-0.3, -0.25) is 9.59 Å². The molecular formula is C14H13Cl2NO5. The Hall–Kier alpha value is -1.50. The number of rotatable bonds is 4. The van der Waals surface area contributed by atoms with Gasteiger partial charge in [0.1, 0.15) is 17.4 Å². The second-order valence-electron chi connectivity index (χ2n) is 5.75. The number of carboxylic acid groups (broad SMARTS) is 2. The summed E-state index contributed by atoms with van der Waals surface area (Å²) < 4.78 is 5.74. The first-order valence-electron chi connectivity index (χ1n) is 6.62. The van der Waals surface area contributed by atoms with Gasteiger partial charge < -0.3 is 20.7 Å². The third-order valence-electron chi connectivity index (χ3n) is 4.49. The summed E-state index contributed by atoms with van der Waals surface area (Å²) >= 11 is 11.8. The first kappa shape index (κ1) is 15.4. The predicted octanol–water partition coefficient (Wildman–Crippen LogP) is 1.87. The monoisotopic (exact) mass is 345 g/mol. The predicted molar refractivity (Wildman–Crippen MR) is 78.2 cm³/mol. The Balaban J connectivity index is 1.86. The molecule has 22 heavy (non-hydrogen) atoms. The number of carboxylic acids is 2. The van der Waals surface area contributed by atoms with Gasteiger partial charge in [-0.15, -0.1) is 0 Å². The van der Waals surface area contributed by atoms with Gasteiger partial charge in [-0.05, 0) is 18.2 Å². The molecule has 3 rings (SSSR count). The van der Waals surface area contributed by atoms with Gasteiger partial charge in [0.15, 0.2) is 0 Å². The molecule has 2 aliphatic rings. The van der Waals surface area contributed by atoms with E-state index in [1.807, 2.05) is 0 Å². The number of benzene rings is 1. The van der Waals surface area contributed by atoms with Gasteiger partial charge >= 0.3 is 11.9 Å². The molecule has 6 nitrogen and oxygen atoms in total. The van der Waals surface area contributed by atoms with Gasteiger partial charge in [-0.1, -0.05) is 23.2 Å². The lowest BCUT2D eigenvalue weighted by molar-refractivity contribution is -0.146. The molecule has 0 saturated heterocycles. The highest BCUT2D eigenvalue weighted by molar-refractivity contribution is 6.35. The van der Waals surface area contributed by atoms with Crippen molar-refractivity contribution in [2.45, 2.75) is 18.1 Å². The van der Waals surface area contributed by atoms with Crippen LogP contribution in [0.2, 0.25) is 10.0 Å². The SMILES string of the molecule is N[C@]1(C(=O)O)C[C@@H](Oc2ccc(Cl)cc2Cl)[C@@H]2[C@@H](C(=O)O)[C@H]21. The van der Waals surface area contributed by atoms with E-state index in [4.69, 9.17) is 33.7 Å². The summed E-state index contributed by atoms with van der Waals surface area (Å²) in [5.74, 6) is -3.78. The molecule has 0 heterocycles. The minimum absolute atomic E-state index is 0.0421. The summed E-state index contributed by atoms with van der Waals surface area (Å²) in [4.78, 5) is 22.7. The molecule has 2 fully saturated rings. The lowest BCUT2D eigenvalue weighted by atomic mass is 9.91. The molecular weight excluding hydrogens is 333 g/mol. The average Bonchev–Trinajstić information content (AvgIpc) is 3.10. The molecule has 2 aliphatic carbocycles. The second-order valence-corrected chi connectivity index (χ2v) is 6.59. The van der Waals surface area contributed by atoms with Crippen LogP contribution in [0.4, 0.5) is 0 Å². The maximum Gasteiger partial charge on any atom is 0.324 e. The number of nitrogens with two attached hydrogens (primary N) is 1. The van der Waals surface area contributed by atoms with E-state index in [1.54, 1.807) is 12.1 Å². The summed E-state index contributed by atoms with van der Waals surface area (Å²) in [7, 11) is 0. The molecule has 2 saturated carbocycles. The smallest absolute Gasteiger partial charge is 0.324 e. The highest BCUT2D eigenvalue weighted by Gasteiger charge is 2.75. The average molecular weight is 346 g/mol. The number of fused-ring (bicyclic) bond motifs is 1. The fourth-order valence-electron chi connectivity index (χ4n) is 3.47. The van der Waals surface area contributed by atoms with Crippen LogP contribution in [-0.2, 0) is 9.59 Å². The molecule has 0 radical (unpaired) electrons. The second kappa shape index (κ2) is 5.01.